The molecule has 1 amide bonds. The number of thiazole rings is 1. The van der Waals surface area contributed by atoms with Gasteiger partial charge in [-0.3, -0.25) is 9.59 Å². The minimum atomic E-state index is -0.707. The van der Waals surface area contributed by atoms with Crippen LogP contribution in [0.25, 0.3) is 0 Å². The number of esters is 1. The number of fused-ring (bicyclic) bond motifs is 1. The number of nitrogens with zero attached hydrogens (tertiary/aromatic N) is 2. The van der Waals surface area contributed by atoms with Crippen molar-refractivity contribution in [1.29, 1.82) is 0 Å². The topological polar surface area (TPSA) is 88.6 Å². The average Bonchev–Trinajstić information content (AvgIpc) is 3.17. The number of ether oxygens (including phenoxy) is 1. The quantitative estimate of drug-likeness (QED) is 0.614. The zero-order valence-corrected chi connectivity index (χ0v) is 16.9. The number of carbonyl (C=O) groups excluding carboxylic acids is 3. The van der Waals surface area contributed by atoms with Crippen LogP contribution in [0.3, 0.4) is 0 Å². The normalized spacial score (nSPS) is 16.0. The maximum atomic E-state index is 12.4. The van der Waals surface area contributed by atoms with E-state index in [1.165, 1.54) is 18.4 Å². The molecular weight excluding hydrogens is 378 g/mol. The lowest BCUT2D eigenvalue weighted by molar-refractivity contribution is -0.117. The summed E-state index contributed by atoms with van der Waals surface area (Å²) in [5, 5.41) is 4.27. The van der Waals surface area contributed by atoms with Gasteiger partial charge in [0.05, 0.1) is 0 Å². The minimum Gasteiger partial charge on any atom is -0.453 e. The van der Waals surface area contributed by atoms with Gasteiger partial charge in [0.2, 0.25) is 5.91 Å². The molecule has 0 unspecified atom stereocenters. The molecule has 8 heteroatoms. The van der Waals surface area contributed by atoms with Crippen molar-refractivity contribution in [3.05, 3.63) is 52.7 Å². The summed E-state index contributed by atoms with van der Waals surface area (Å²) in [6, 6.07) is 7.99. The standard InChI is InChI=1S/C20H21N3O4S/c1-12(24)21-19-22-15(11-28-19)18(26)27-10-13(25)9-17-20(2,3)14-7-5-6-8-16(14)23(17)4/h5-9,11H,10H2,1-4H3,(H,21,22,24)/b17-9-. The Bertz CT molecular complexity index is 977. The second kappa shape index (κ2) is 7.55. The van der Waals surface area contributed by atoms with Gasteiger partial charge in [-0.05, 0) is 11.6 Å². The van der Waals surface area contributed by atoms with Crippen molar-refractivity contribution in [2.24, 2.45) is 0 Å². The second-order valence-corrected chi connectivity index (χ2v) is 7.85. The Labute approximate surface area is 167 Å². The first-order valence-corrected chi connectivity index (χ1v) is 9.56. The highest BCUT2D eigenvalue weighted by molar-refractivity contribution is 7.14. The fourth-order valence-corrected chi connectivity index (χ4v) is 3.97. The number of hydrogen-bond donors (Lipinski definition) is 1. The third kappa shape index (κ3) is 3.82. The zero-order valence-electron chi connectivity index (χ0n) is 16.1. The van der Waals surface area contributed by atoms with E-state index >= 15 is 0 Å². The van der Waals surface area contributed by atoms with Crippen LogP contribution in [-0.4, -0.2) is 36.3 Å². The van der Waals surface area contributed by atoms with Gasteiger partial charge in [-0.1, -0.05) is 32.0 Å². The van der Waals surface area contributed by atoms with Crippen LogP contribution >= 0.6 is 11.3 Å². The Morgan fingerprint density at radius 2 is 2.00 bits per heavy atom. The first-order valence-electron chi connectivity index (χ1n) is 8.68. The van der Waals surface area contributed by atoms with Gasteiger partial charge >= 0.3 is 5.97 Å². The molecule has 0 spiro atoms. The van der Waals surface area contributed by atoms with Gasteiger partial charge in [0.25, 0.3) is 0 Å². The van der Waals surface area contributed by atoms with Crippen LogP contribution in [0.15, 0.2) is 41.4 Å². The van der Waals surface area contributed by atoms with Gasteiger partial charge in [0.1, 0.15) is 0 Å². The molecule has 2 heterocycles. The van der Waals surface area contributed by atoms with Crippen molar-refractivity contribution >= 4 is 39.8 Å². The van der Waals surface area contributed by atoms with Crippen LogP contribution in [-0.2, 0) is 19.7 Å². The van der Waals surface area contributed by atoms with E-state index in [1.807, 2.05) is 36.2 Å². The highest BCUT2D eigenvalue weighted by Gasteiger charge is 2.38. The molecule has 146 valence electrons. The van der Waals surface area contributed by atoms with Gasteiger partial charge in [0.15, 0.2) is 23.2 Å². The molecule has 0 fully saturated rings. The predicted molar refractivity (Wildman–Crippen MR) is 108 cm³/mol. The summed E-state index contributed by atoms with van der Waals surface area (Å²) in [6.07, 6.45) is 1.52. The number of hydrogen-bond acceptors (Lipinski definition) is 7. The zero-order chi connectivity index (χ0) is 20.5. The molecule has 1 N–H and O–H groups in total. The first kappa shape index (κ1) is 19.8. The first-order chi connectivity index (χ1) is 13.2. The van der Waals surface area contributed by atoms with Crippen LogP contribution in [0.2, 0.25) is 0 Å². The number of ketones is 1. The molecule has 0 saturated carbocycles. The average molecular weight is 399 g/mol. The monoisotopic (exact) mass is 399 g/mol. The van der Waals surface area contributed by atoms with E-state index < -0.39 is 5.97 Å². The third-order valence-corrected chi connectivity index (χ3v) is 5.34. The molecule has 7 nitrogen and oxygen atoms in total. The summed E-state index contributed by atoms with van der Waals surface area (Å²) in [5.74, 6) is -1.30. The molecule has 0 saturated heterocycles. The molecule has 1 aliphatic rings. The lowest BCUT2D eigenvalue weighted by Gasteiger charge is -2.23. The number of aromatic nitrogens is 1. The van der Waals surface area contributed by atoms with E-state index in [0.29, 0.717) is 5.13 Å². The number of para-hydroxylation sites is 1. The molecule has 28 heavy (non-hydrogen) atoms. The number of benzene rings is 1. The highest BCUT2D eigenvalue weighted by Crippen LogP contribution is 2.46. The Hall–Kier alpha value is -3.00. The van der Waals surface area contributed by atoms with Crippen molar-refractivity contribution in [2.45, 2.75) is 26.2 Å². The Kier molecular flexibility index (Phi) is 5.33. The number of allylic oxidation sites excluding steroid dienone is 1. The van der Waals surface area contributed by atoms with Gasteiger partial charge in [0, 0.05) is 42.2 Å². The number of carbonyl (C=O) groups is 3. The summed E-state index contributed by atoms with van der Waals surface area (Å²) < 4.78 is 5.08. The number of amides is 1. The van der Waals surface area contributed by atoms with Crippen LogP contribution < -0.4 is 10.2 Å². The van der Waals surface area contributed by atoms with Crippen molar-refractivity contribution in [3.8, 4) is 0 Å². The summed E-state index contributed by atoms with van der Waals surface area (Å²) in [4.78, 5) is 41.5. The molecule has 1 aromatic carbocycles. The maximum Gasteiger partial charge on any atom is 0.358 e. The molecule has 2 aromatic rings. The molecule has 0 radical (unpaired) electrons. The van der Waals surface area contributed by atoms with Crippen LogP contribution in [0.5, 0.6) is 0 Å². The summed E-state index contributed by atoms with van der Waals surface area (Å²) in [7, 11) is 1.91. The van der Waals surface area contributed by atoms with Crippen molar-refractivity contribution in [2.75, 3.05) is 23.9 Å². The van der Waals surface area contributed by atoms with Gasteiger partial charge in [-0.15, -0.1) is 11.3 Å². The van der Waals surface area contributed by atoms with Crippen molar-refractivity contribution in [3.63, 3.8) is 0 Å². The Balaban J connectivity index is 1.66. The number of rotatable bonds is 5. The Morgan fingerprint density at radius 3 is 2.68 bits per heavy atom. The van der Waals surface area contributed by atoms with E-state index in [2.05, 4.69) is 24.1 Å². The highest BCUT2D eigenvalue weighted by atomic mass is 32.1. The maximum absolute atomic E-state index is 12.4. The minimum absolute atomic E-state index is 0.0555. The number of nitrogens with one attached hydrogen (secondary N) is 1. The molecule has 0 aliphatic carbocycles. The fourth-order valence-electron chi connectivity index (χ4n) is 3.24. The second-order valence-electron chi connectivity index (χ2n) is 6.99. The summed E-state index contributed by atoms with van der Waals surface area (Å²) >= 11 is 1.11. The Morgan fingerprint density at radius 1 is 1.29 bits per heavy atom. The lowest BCUT2D eigenvalue weighted by atomic mass is 9.83. The molecule has 0 bridgehead atoms. The van der Waals surface area contributed by atoms with E-state index in [9.17, 15) is 14.4 Å². The van der Waals surface area contributed by atoms with E-state index in [1.54, 1.807) is 0 Å². The molecule has 0 atom stereocenters. The lowest BCUT2D eigenvalue weighted by Crippen LogP contribution is -2.25. The van der Waals surface area contributed by atoms with Crippen LogP contribution in [0, 0.1) is 0 Å². The van der Waals surface area contributed by atoms with E-state index in [0.717, 1.165) is 28.3 Å². The van der Waals surface area contributed by atoms with Crippen LogP contribution in [0.4, 0.5) is 10.8 Å². The molecular formula is C20H21N3O4S. The summed E-state index contributed by atoms with van der Waals surface area (Å²) in [6.45, 7) is 5.08. The van der Waals surface area contributed by atoms with Crippen LogP contribution in [0.1, 0.15) is 36.8 Å². The molecule has 1 aromatic heterocycles. The van der Waals surface area contributed by atoms with Gasteiger partial charge < -0.3 is 15.0 Å². The smallest absolute Gasteiger partial charge is 0.358 e. The van der Waals surface area contributed by atoms with E-state index in [4.69, 9.17) is 4.74 Å². The van der Waals surface area contributed by atoms with Crippen molar-refractivity contribution < 1.29 is 19.1 Å². The number of anilines is 2. The predicted octanol–water partition coefficient (Wildman–Crippen LogP) is 3.14. The van der Waals surface area contributed by atoms with E-state index in [-0.39, 0.29) is 29.4 Å². The fraction of sp³-hybridized carbons (Fsp3) is 0.300. The summed E-state index contributed by atoms with van der Waals surface area (Å²) in [5.41, 5.74) is 2.77. The number of likely N-dealkylation sites (N-methyl/N-ethyl adjacent to an activating group) is 1. The third-order valence-electron chi connectivity index (χ3n) is 4.58. The van der Waals surface area contributed by atoms with Gasteiger partial charge in [-0.25, -0.2) is 9.78 Å². The molecule has 1 aliphatic heterocycles. The van der Waals surface area contributed by atoms with Crippen molar-refractivity contribution in [1.82, 2.24) is 4.98 Å². The SMILES string of the molecule is CC(=O)Nc1nc(C(=O)OCC(=O)/C=C2\N(C)c3ccccc3C2(C)C)cs1. The molecule has 3 rings (SSSR count). The largest absolute Gasteiger partial charge is 0.453 e. The van der Waals surface area contributed by atoms with Gasteiger partial charge in [-0.2, -0.15) is 0 Å².